The maximum atomic E-state index is 4.82. The summed E-state index contributed by atoms with van der Waals surface area (Å²) in [6.07, 6.45) is 29.5. The third-order valence-corrected chi connectivity index (χ3v) is 9.01. The lowest BCUT2D eigenvalue weighted by atomic mass is 9.56. The smallest absolute Gasteiger partial charge is 0.0478 e. The molecule has 4 nitrogen and oxygen atoms in total. The van der Waals surface area contributed by atoms with Crippen LogP contribution in [0.4, 0.5) is 0 Å². The zero-order valence-electron chi connectivity index (χ0n) is 16.9. The van der Waals surface area contributed by atoms with Crippen molar-refractivity contribution in [2.75, 3.05) is 26.2 Å². The Bertz CT molecular complexity index is 683. The van der Waals surface area contributed by atoms with Crippen molar-refractivity contribution < 1.29 is 0 Å². The summed E-state index contributed by atoms with van der Waals surface area (Å²) in [5.41, 5.74) is 1.15. The highest BCUT2D eigenvalue weighted by atomic mass is 15.7. The van der Waals surface area contributed by atoms with E-state index in [2.05, 4.69) is 58.6 Å². The van der Waals surface area contributed by atoms with Crippen LogP contribution in [0.3, 0.4) is 0 Å². The van der Waals surface area contributed by atoms with Crippen LogP contribution in [-0.2, 0) is 0 Å². The van der Waals surface area contributed by atoms with Crippen LogP contribution in [0.1, 0.15) is 51.4 Å². The lowest BCUT2D eigenvalue weighted by Gasteiger charge is -2.46. The summed E-state index contributed by atoms with van der Waals surface area (Å²) in [4.78, 5) is 0. The van der Waals surface area contributed by atoms with Gasteiger partial charge in [0.15, 0.2) is 0 Å². The van der Waals surface area contributed by atoms with Crippen LogP contribution in [0.2, 0.25) is 0 Å². The second-order valence-electron chi connectivity index (χ2n) is 10.3. The van der Waals surface area contributed by atoms with E-state index in [1.807, 2.05) is 0 Å². The molecule has 6 aliphatic rings. The summed E-state index contributed by atoms with van der Waals surface area (Å²) < 4.78 is 0. The highest BCUT2D eigenvalue weighted by Gasteiger charge is 2.58. The quantitative estimate of drug-likeness (QED) is 0.617. The molecule has 2 heterocycles. The van der Waals surface area contributed by atoms with Crippen molar-refractivity contribution in [1.82, 2.24) is 10.0 Å². The van der Waals surface area contributed by atoms with Gasteiger partial charge in [-0.05, 0) is 25.7 Å². The molecular weight excluding hydrogens is 344 g/mol. The van der Waals surface area contributed by atoms with Gasteiger partial charge >= 0.3 is 0 Å². The molecule has 0 amide bonds. The van der Waals surface area contributed by atoms with Gasteiger partial charge in [-0.25, -0.2) is 0 Å². The molecule has 4 fully saturated rings. The summed E-state index contributed by atoms with van der Waals surface area (Å²) in [5, 5.41) is 14.2. The first-order chi connectivity index (χ1) is 13.7. The molecular formula is C24H32N4. The van der Waals surface area contributed by atoms with E-state index < -0.39 is 0 Å². The van der Waals surface area contributed by atoms with Gasteiger partial charge < -0.3 is 0 Å². The minimum absolute atomic E-state index is 0.287. The van der Waals surface area contributed by atoms with Gasteiger partial charge in [0.05, 0.1) is 0 Å². The third-order valence-electron chi connectivity index (χ3n) is 9.01. The lowest BCUT2D eigenvalue weighted by Crippen LogP contribution is -2.42. The molecule has 6 rings (SSSR count). The maximum absolute atomic E-state index is 4.82. The van der Waals surface area contributed by atoms with Gasteiger partial charge in [0.2, 0.25) is 0 Å². The Balaban J connectivity index is 1.23. The highest BCUT2D eigenvalue weighted by molar-refractivity contribution is 5.31. The van der Waals surface area contributed by atoms with Gasteiger partial charge in [-0.1, -0.05) is 84.7 Å². The first kappa shape index (κ1) is 17.1. The molecule has 4 aliphatic carbocycles. The van der Waals surface area contributed by atoms with Crippen LogP contribution >= 0.6 is 0 Å². The third kappa shape index (κ3) is 2.18. The average Bonchev–Trinajstić information content (AvgIpc) is 3.25. The monoisotopic (exact) mass is 376 g/mol. The van der Waals surface area contributed by atoms with Crippen LogP contribution in [0.15, 0.2) is 59.1 Å². The van der Waals surface area contributed by atoms with E-state index >= 15 is 0 Å². The lowest BCUT2D eigenvalue weighted by molar-refractivity contribution is 0.131. The minimum atomic E-state index is 0.287. The van der Waals surface area contributed by atoms with Gasteiger partial charge in [0.1, 0.15) is 0 Å². The number of nitrogens with zero attached hydrogens (tertiary/aromatic N) is 4. The van der Waals surface area contributed by atoms with Gasteiger partial charge in [-0.2, -0.15) is 0 Å². The molecule has 0 radical (unpaired) electrons. The fraction of sp³-hybridized carbons (Fsp3) is 0.667. The summed E-state index contributed by atoms with van der Waals surface area (Å²) in [5.74, 6) is 0. The first-order valence-corrected chi connectivity index (χ1v) is 11.3. The fourth-order valence-corrected chi connectivity index (χ4v) is 7.52. The van der Waals surface area contributed by atoms with E-state index in [0.717, 1.165) is 26.2 Å². The summed E-state index contributed by atoms with van der Waals surface area (Å²) in [6, 6.07) is 0. The Morgan fingerprint density at radius 2 is 0.750 bits per heavy atom. The summed E-state index contributed by atoms with van der Waals surface area (Å²) >= 11 is 0. The molecule has 28 heavy (non-hydrogen) atoms. The van der Waals surface area contributed by atoms with E-state index in [1.54, 1.807) is 0 Å². The molecule has 0 aromatic heterocycles. The normalized spacial score (nSPS) is 46.0. The molecule has 0 aromatic rings. The Morgan fingerprint density at radius 3 is 1.04 bits per heavy atom. The average molecular weight is 377 g/mol. The zero-order chi connectivity index (χ0) is 18.7. The predicted molar refractivity (Wildman–Crippen MR) is 111 cm³/mol. The Hall–Kier alpha value is -1.84. The molecule has 2 aliphatic heterocycles. The van der Waals surface area contributed by atoms with E-state index in [0.29, 0.717) is 0 Å². The van der Waals surface area contributed by atoms with Crippen LogP contribution in [0.5, 0.6) is 0 Å². The standard InChI is InChI=1S/C24H32N4/c1-2-10-22-12-4-3-11-21(22,9-1)17-27(18-22)25-26-28-19-23-13-5-6-14-24(23,20-28)16-8-7-15-23/h1-2,5-6,9-10,13-14H,3-4,7-8,11-12,15-20H2/b26-25+/t21-,22-,23-,24+/m1/s1. The Kier molecular flexibility index (Phi) is 3.56. The minimum Gasteiger partial charge on any atom is -0.275 e. The molecule has 0 bridgehead atoms. The molecule has 4 heteroatoms. The molecule has 148 valence electrons. The maximum Gasteiger partial charge on any atom is 0.0478 e. The molecule has 0 spiro atoms. The van der Waals surface area contributed by atoms with Crippen molar-refractivity contribution in [2.45, 2.75) is 51.4 Å². The van der Waals surface area contributed by atoms with Crippen molar-refractivity contribution in [1.29, 1.82) is 0 Å². The topological polar surface area (TPSA) is 31.2 Å². The molecule has 0 aromatic carbocycles. The van der Waals surface area contributed by atoms with Gasteiger partial charge in [-0.15, -0.1) is 0 Å². The second-order valence-corrected chi connectivity index (χ2v) is 10.3. The predicted octanol–water partition coefficient (Wildman–Crippen LogP) is 5.25. The van der Waals surface area contributed by atoms with Crippen molar-refractivity contribution in [2.24, 2.45) is 32.1 Å². The Labute approximate surface area is 168 Å². The molecule has 4 atom stereocenters. The zero-order valence-corrected chi connectivity index (χ0v) is 16.9. The van der Waals surface area contributed by atoms with Crippen molar-refractivity contribution >= 4 is 0 Å². The summed E-state index contributed by atoms with van der Waals surface area (Å²) in [7, 11) is 0. The van der Waals surface area contributed by atoms with Gasteiger partial charge in [0, 0.05) is 47.8 Å². The molecule has 0 N–H and O–H groups in total. The van der Waals surface area contributed by atoms with Crippen molar-refractivity contribution in [3.63, 3.8) is 0 Å². The SMILES string of the molecule is C1=C[C@@]23CCCC[C@]2(C=C1)CN(/N=N/N1C[C@]24C=CC=C[C@@]2(CCCC4)C1)C3. The highest BCUT2D eigenvalue weighted by Crippen LogP contribution is 2.60. The van der Waals surface area contributed by atoms with Crippen molar-refractivity contribution in [3.8, 4) is 0 Å². The van der Waals surface area contributed by atoms with Gasteiger partial charge in [0.25, 0.3) is 0 Å². The molecule has 2 saturated carbocycles. The first-order valence-electron chi connectivity index (χ1n) is 11.3. The van der Waals surface area contributed by atoms with E-state index in [4.69, 9.17) is 10.4 Å². The summed E-state index contributed by atoms with van der Waals surface area (Å²) in [6.45, 7) is 4.12. The number of hydrogen-bond acceptors (Lipinski definition) is 2. The van der Waals surface area contributed by atoms with E-state index in [1.165, 1.54) is 51.4 Å². The Morgan fingerprint density at radius 1 is 0.464 bits per heavy atom. The van der Waals surface area contributed by atoms with Gasteiger partial charge in [-0.3, -0.25) is 10.0 Å². The van der Waals surface area contributed by atoms with Crippen LogP contribution in [-0.4, -0.2) is 36.2 Å². The number of rotatable bonds is 2. The molecule has 0 unspecified atom stereocenters. The fourth-order valence-electron chi connectivity index (χ4n) is 7.52. The number of allylic oxidation sites excluding steroid dienone is 4. The van der Waals surface area contributed by atoms with E-state index in [9.17, 15) is 0 Å². The van der Waals surface area contributed by atoms with Crippen LogP contribution < -0.4 is 0 Å². The van der Waals surface area contributed by atoms with Crippen molar-refractivity contribution in [3.05, 3.63) is 48.6 Å². The van der Waals surface area contributed by atoms with Crippen LogP contribution in [0.25, 0.3) is 0 Å². The largest absolute Gasteiger partial charge is 0.275 e. The molecule has 2 saturated heterocycles. The number of hydrogen-bond donors (Lipinski definition) is 0. The second kappa shape index (κ2) is 5.84. The van der Waals surface area contributed by atoms with Crippen LogP contribution in [0, 0.1) is 21.7 Å². The van der Waals surface area contributed by atoms with E-state index in [-0.39, 0.29) is 21.7 Å².